The van der Waals surface area contributed by atoms with Crippen LogP contribution in [0.1, 0.15) is 23.6 Å². The first-order valence-corrected chi connectivity index (χ1v) is 14.5. The minimum atomic E-state index is 0.893. The molecule has 0 N–H and O–H groups in total. The van der Waals surface area contributed by atoms with Crippen LogP contribution in [-0.4, -0.2) is 7.11 Å². The van der Waals surface area contributed by atoms with Gasteiger partial charge in [0, 0.05) is 56.4 Å². The molecule has 0 radical (unpaired) electrons. The largest absolute Gasteiger partial charge is 0.497 e. The fourth-order valence-corrected chi connectivity index (χ4v) is 8.46. The van der Waals surface area contributed by atoms with Crippen LogP contribution in [0.2, 0.25) is 0 Å². The monoisotopic (exact) mass is 510 g/mol. The molecular formula is C31H26OS3. The van der Waals surface area contributed by atoms with E-state index in [1.807, 2.05) is 34.0 Å². The van der Waals surface area contributed by atoms with E-state index in [1.54, 1.807) is 7.11 Å². The molecule has 0 bridgehead atoms. The standard InChI is InChI=1S/C31H26OS3/c1-4-24-23(18-28(33-24)19-14-16-20(32-3)17-15-19)31-30(22-11-7-9-13-27(22)35-31)29-21-10-6-8-12-26(21)34-25(29)5-2/h6-18H,4-5H2,1-3H3. The molecule has 3 aromatic heterocycles. The molecule has 3 heterocycles. The Balaban J connectivity index is 1.63. The van der Waals surface area contributed by atoms with E-state index in [1.165, 1.54) is 61.9 Å². The molecule has 4 heteroatoms. The van der Waals surface area contributed by atoms with E-state index < -0.39 is 0 Å². The summed E-state index contributed by atoms with van der Waals surface area (Å²) in [7, 11) is 1.72. The third-order valence-corrected chi connectivity index (χ3v) is 10.4. The molecule has 0 unspecified atom stereocenters. The summed E-state index contributed by atoms with van der Waals surface area (Å²) in [6, 6.07) is 28.7. The van der Waals surface area contributed by atoms with E-state index >= 15 is 0 Å². The van der Waals surface area contributed by atoms with Gasteiger partial charge in [0.15, 0.2) is 0 Å². The number of rotatable bonds is 6. The smallest absolute Gasteiger partial charge is 0.118 e. The summed E-state index contributed by atoms with van der Waals surface area (Å²) in [5.74, 6) is 0.893. The lowest BCUT2D eigenvalue weighted by molar-refractivity contribution is 0.415. The lowest BCUT2D eigenvalue weighted by Gasteiger charge is -2.08. The van der Waals surface area contributed by atoms with Crippen LogP contribution in [0.15, 0.2) is 78.9 Å². The van der Waals surface area contributed by atoms with Gasteiger partial charge in [0.1, 0.15) is 5.75 Å². The molecule has 0 amide bonds. The molecule has 0 spiro atoms. The van der Waals surface area contributed by atoms with Gasteiger partial charge in [-0.3, -0.25) is 0 Å². The lowest BCUT2D eigenvalue weighted by Crippen LogP contribution is -1.85. The highest BCUT2D eigenvalue weighted by Crippen LogP contribution is 2.52. The molecule has 0 aliphatic heterocycles. The van der Waals surface area contributed by atoms with E-state index in [9.17, 15) is 0 Å². The van der Waals surface area contributed by atoms with Crippen LogP contribution in [0.3, 0.4) is 0 Å². The van der Waals surface area contributed by atoms with Gasteiger partial charge in [-0.25, -0.2) is 0 Å². The number of thiophene rings is 3. The van der Waals surface area contributed by atoms with Crippen molar-refractivity contribution in [2.75, 3.05) is 7.11 Å². The van der Waals surface area contributed by atoms with Gasteiger partial charge >= 0.3 is 0 Å². The zero-order chi connectivity index (χ0) is 23.9. The van der Waals surface area contributed by atoms with Gasteiger partial charge in [0.05, 0.1) is 7.11 Å². The van der Waals surface area contributed by atoms with Gasteiger partial charge in [-0.15, -0.1) is 34.0 Å². The minimum Gasteiger partial charge on any atom is -0.497 e. The van der Waals surface area contributed by atoms with Gasteiger partial charge in [0.25, 0.3) is 0 Å². The third-order valence-electron chi connectivity index (χ3n) is 6.58. The van der Waals surface area contributed by atoms with Crippen molar-refractivity contribution in [2.45, 2.75) is 26.7 Å². The van der Waals surface area contributed by atoms with Crippen LogP contribution in [-0.2, 0) is 12.8 Å². The Hall–Kier alpha value is -2.92. The van der Waals surface area contributed by atoms with Crippen LogP contribution < -0.4 is 4.74 Å². The fraction of sp³-hybridized carbons (Fsp3) is 0.161. The Morgan fingerprint density at radius 1 is 0.657 bits per heavy atom. The van der Waals surface area contributed by atoms with Crippen molar-refractivity contribution in [1.82, 2.24) is 0 Å². The average Bonchev–Trinajstić information content (AvgIpc) is 3.61. The number of hydrogen-bond acceptors (Lipinski definition) is 4. The van der Waals surface area contributed by atoms with E-state index in [4.69, 9.17) is 4.74 Å². The average molecular weight is 511 g/mol. The molecule has 0 saturated carbocycles. The molecule has 0 aliphatic carbocycles. The van der Waals surface area contributed by atoms with Crippen molar-refractivity contribution < 1.29 is 4.74 Å². The van der Waals surface area contributed by atoms with E-state index in [-0.39, 0.29) is 0 Å². The Bertz CT molecular complexity index is 1650. The van der Waals surface area contributed by atoms with Crippen LogP contribution in [0.4, 0.5) is 0 Å². The van der Waals surface area contributed by atoms with E-state index in [0.29, 0.717) is 0 Å². The van der Waals surface area contributed by atoms with Gasteiger partial charge in [-0.05, 0) is 60.9 Å². The zero-order valence-corrected chi connectivity index (χ0v) is 22.5. The summed E-state index contributed by atoms with van der Waals surface area (Å²) < 4.78 is 8.11. The summed E-state index contributed by atoms with van der Waals surface area (Å²) in [6.45, 7) is 4.56. The topological polar surface area (TPSA) is 9.23 Å². The maximum atomic E-state index is 5.38. The summed E-state index contributed by atoms with van der Waals surface area (Å²) >= 11 is 5.80. The van der Waals surface area contributed by atoms with Crippen LogP contribution in [0, 0.1) is 0 Å². The molecular weight excluding hydrogens is 485 g/mol. The first kappa shape index (κ1) is 22.5. The molecule has 35 heavy (non-hydrogen) atoms. The molecule has 0 atom stereocenters. The van der Waals surface area contributed by atoms with E-state index in [0.717, 1.165) is 18.6 Å². The van der Waals surface area contributed by atoms with Gasteiger partial charge in [0.2, 0.25) is 0 Å². The van der Waals surface area contributed by atoms with Crippen molar-refractivity contribution in [3.63, 3.8) is 0 Å². The van der Waals surface area contributed by atoms with Crippen molar-refractivity contribution in [1.29, 1.82) is 0 Å². The second kappa shape index (κ2) is 9.27. The molecule has 0 fully saturated rings. The second-order valence-electron chi connectivity index (χ2n) is 8.58. The van der Waals surface area contributed by atoms with Crippen molar-refractivity contribution in [3.05, 3.63) is 88.6 Å². The third kappa shape index (κ3) is 3.81. The second-order valence-corrected chi connectivity index (χ2v) is 11.9. The first-order chi connectivity index (χ1) is 17.2. The lowest BCUT2D eigenvalue weighted by atomic mass is 9.95. The molecule has 6 rings (SSSR count). The minimum absolute atomic E-state index is 0.893. The summed E-state index contributed by atoms with van der Waals surface area (Å²) in [5, 5.41) is 2.74. The van der Waals surface area contributed by atoms with Crippen LogP contribution in [0.5, 0.6) is 5.75 Å². The summed E-state index contributed by atoms with van der Waals surface area (Å²) in [5.41, 5.74) is 5.47. The summed E-state index contributed by atoms with van der Waals surface area (Å²) in [6.07, 6.45) is 2.06. The molecule has 174 valence electrons. The molecule has 1 nitrogen and oxygen atoms in total. The number of aryl methyl sites for hydroxylation is 2. The van der Waals surface area contributed by atoms with Crippen LogP contribution in [0.25, 0.3) is 52.2 Å². The molecule has 0 saturated heterocycles. The summed E-state index contributed by atoms with van der Waals surface area (Å²) in [4.78, 5) is 5.63. The Morgan fingerprint density at radius 3 is 1.94 bits per heavy atom. The highest BCUT2D eigenvalue weighted by molar-refractivity contribution is 7.24. The Kier molecular flexibility index (Phi) is 5.97. The number of benzene rings is 3. The highest BCUT2D eigenvalue weighted by atomic mass is 32.1. The van der Waals surface area contributed by atoms with Crippen molar-refractivity contribution in [2.24, 2.45) is 0 Å². The molecule has 0 aliphatic rings. The quantitative estimate of drug-likeness (QED) is 0.216. The normalized spacial score (nSPS) is 11.5. The van der Waals surface area contributed by atoms with Gasteiger partial charge < -0.3 is 4.74 Å². The Morgan fingerprint density at radius 2 is 1.29 bits per heavy atom. The SMILES string of the molecule is CCc1sc(-c2ccc(OC)cc2)cc1-c1sc2ccccc2c1-c1c(CC)sc2ccccc12. The molecule has 3 aromatic carbocycles. The van der Waals surface area contributed by atoms with Gasteiger partial charge in [-0.2, -0.15) is 0 Å². The number of ether oxygens (including phenoxy) is 1. The molecule has 6 aromatic rings. The number of fused-ring (bicyclic) bond motifs is 2. The van der Waals surface area contributed by atoms with Crippen LogP contribution >= 0.6 is 34.0 Å². The first-order valence-electron chi connectivity index (χ1n) is 12.0. The number of hydrogen-bond donors (Lipinski definition) is 0. The van der Waals surface area contributed by atoms with Crippen molar-refractivity contribution in [3.8, 4) is 37.8 Å². The van der Waals surface area contributed by atoms with Crippen molar-refractivity contribution >= 4 is 54.2 Å². The maximum absolute atomic E-state index is 5.38. The number of methoxy groups -OCH3 is 1. The zero-order valence-electron chi connectivity index (χ0n) is 20.1. The predicted octanol–water partition coefficient (Wildman–Crippen LogP) is 10.3. The van der Waals surface area contributed by atoms with Gasteiger partial charge in [-0.1, -0.05) is 50.2 Å². The van der Waals surface area contributed by atoms with E-state index in [2.05, 4.69) is 92.7 Å². The Labute approximate surface area is 218 Å². The predicted molar refractivity (Wildman–Crippen MR) is 157 cm³/mol. The highest BCUT2D eigenvalue weighted by Gasteiger charge is 2.24. The fourth-order valence-electron chi connectivity index (χ4n) is 4.88. The maximum Gasteiger partial charge on any atom is 0.118 e.